The molecular weight excluding hydrogens is 246 g/mol. The van der Waals surface area contributed by atoms with Crippen molar-refractivity contribution in [3.05, 3.63) is 47.7 Å². The van der Waals surface area contributed by atoms with Crippen molar-refractivity contribution in [2.24, 2.45) is 5.73 Å². The molecule has 0 saturated heterocycles. The molecule has 0 spiro atoms. The first-order valence-electron chi connectivity index (χ1n) is 5.59. The fourth-order valence-electron chi connectivity index (χ4n) is 1.78. The summed E-state index contributed by atoms with van der Waals surface area (Å²) in [6.45, 7) is 2.57. The van der Waals surface area contributed by atoms with Crippen LogP contribution in [-0.2, 0) is 6.54 Å². The molecule has 2 aromatic heterocycles. The number of hydrogen-bond acceptors (Lipinski definition) is 4. The minimum atomic E-state index is 0.299. The Bertz CT molecular complexity index is 565. The summed E-state index contributed by atoms with van der Waals surface area (Å²) in [6.07, 6.45) is 1.68. The first kappa shape index (κ1) is 12.6. The van der Waals surface area contributed by atoms with Gasteiger partial charge in [0.05, 0.1) is 12.2 Å². The molecule has 0 atom stereocenters. The van der Waals surface area contributed by atoms with Gasteiger partial charge in [-0.05, 0) is 31.2 Å². The van der Waals surface area contributed by atoms with Gasteiger partial charge in [0, 0.05) is 13.2 Å². The van der Waals surface area contributed by atoms with Crippen LogP contribution in [0.15, 0.2) is 34.9 Å². The lowest BCUT2D eigenvalue weighted by molar-refractivity contribution is 0.481. The molecule has 94 valence electrons. The molecule has 5 heteroatoms. The number of anilines is 1. The molecule has 0 amide bonds. The Morgan fingerprint density at radius 3 is 2.83 bits per heavy atom. The topological polar surface area (TPSA) is 55.3 Å². The molecule has 0 aliphatic rings. The Morgan fingerprint density at radius 1 is 1.44 bits per heavy atom. The van der Waals surface area contributed by atoms with E-state index in [0.717, 1.165) is 17.2 Å². The van der Waals surface area contributed by atoms with E-state index in [2.05, 4.69) is 4.98 Å². The first-order chi connectivity index (χ1) is 8.58. The van der Waals surface area contributed by atoms with Crippen LogP contribution in [0.2, 0.25) is 0 Å². The zero-order valence-corrected chi connectivity index (χ0v) is 11.2. The molecule has 2 aromatic rings. The Balaban J connectivity index is 2.23. The van der Waals surface area contributed by atoms with E-state index >= 15 is 0 Å². The van der Waals surface area contributed by atoms with Gasteiger partial charge >= 0.3 is 0 Å². The number of hydrogen-bond donors (Lipinski definition) is 1. The van der Waals surface area contributed by atoms with E-state index in [1.165, 1.54) is 0 Å². The van der Waals surface area contributed by atoms with Gasteiger partial charge in [-0.25, -0.2) is 0 Å². The summed E-state index contributed by atoms with van der Waals surface area (Å²) >= 11 is 5.00. The third kappa shape index (κ3) is 2.68. The number of pyridine rings is 1. The molecule has 2 rings (SSSR count). The smallest absolute Gasteiger partial charge is 0.124 e. The molecule has 0 saturated carbocycles. The van der Waals surface area contributed by atoms with E-state index in [-0.39, 0.29) is 0 Å². The van der Waals surface area contributed by atoms with Crippen LogP contribution in [-0.4, -0.2) is 17.0 Å². The highest BCUT2D eigenvalue weighted by atomic mass is 32.1. The molecule has 0 bridgehead atoms. The van der Waals surface area contributed by atoms with Crippen LogP contribution in [0.25, 0.3) is 0 Å². The highest BCUT2D eigenvalue weighted by Crippen LogP contribution is 2.19. The van der Waals surface area contributed by atoms with Gasteiger partial charge in [0.1, 0.15) is 22.2 Å². The Hall–Kier alpha value is -1.88. The number of nitrogens with zero attached hydrogens (tertiary/aromatic N) is 2. The van der Waals surface area contributed by atoms with E-state index in [4.69, 9.17) is 22.4 Å². The van der Waals surface area contributed by atoms with E-state index in [9.17, 15) is 0 Å². The van der Waals surface area contributed by atoms with Crippen LogP contribution in [0.1, 0.15) is 17.2 Å². The summed E-state index contributed by atoms with van der Waals surface area (Å²) in [7, 11) is 1.96. The number of aromatic nitrogens is 1. The number of aryl methyl sites for hydroxylation is 1. The highest BCUT2D eigenvalue weighted by molar-refractivity contribution is 7.80. The second-order valence-electron chi connectivity index (χ2n) is 4.10. The quantitative estimate of drug-likeness (QED) is 0.855. The summed E-state index contributed by atoms with van der Waals surface area (Å²) in [4.78, 5) is 6.52. The lowest BCUT2D eigenvalue weighted by atomic mass is 10.2. The van der Waals surface area contributed by atoms with Crippen LogP contribution >= 0.6 is 12.2 Å². The van der Waals surface area contributed by atoms with Crippen molar-refractivity contribution in [2.75, 3.05) is 11.9 Å². The second-order valence-corrected chi connectivity index (χ2v) is 4.54. The van der Waals surface area contributed by atoms with E-state index < -0.39 is 0 Å². The van der Waals surface area contributed by atoms with Crippen molar-refractivity contribution in [3.63, 3.8) is 0 Å². The summed E-state index contributed by atoms with van der Waals surface area (Å²) < 4.78 is 5.55. The van der Waals surface area contributed by atoms with Crippen molar-refractivity contribution in [1.29, 1.82) is 0 Å². The molecule has 2 N–H and O–H groups in total. The third-order valence-electron chi connectivity index (χ3n) is 2.62. The molecule has 2 heterocycles. The van der Waals surface area contributed by atoms with Gasteiger partial charge in [-0.3, -0.25) is 4.98 Å². The molecule has 0 aliphatic heterocycles. The van der Waals surface area contributed by atoms with Crippen LogP contribution in [0.3, 0.4) is 0 Å². The molecule has 4 nitrogen and oxygen atoms in total. The lowest BCUT2D eigenvalue weighted by Crippen LogP contribution is -2.22. The standard InChI is InChI=1S/C13H15N3OS/c1-9-5-6-10(17-9)8-16(2)11-4-3-7-15-12(11)13(14)18/h3-7H,8H2,1-2H3,(H2,14,18). The van der Waals surface area contributed by atoms with Gasteiger partial charge in [0.15, 0.2) is 0 Å². The fraction of sp³-hybridized carbons (Fsp3) is 0.231. The maximum absolute atomic E-state index is 5.67. The zero-order valence-electron chi connectivity index (χ0n) is 10.4. The predicted molar refractivity (Wildman–Crippen MR) is 75.7 cm³/mol. The average Bonchev–Trinajstić information content (AvgIpc) is 2.74. The Labute approximate surface area is 111 Å². The molecule has 0 aliphatic carbocycles. The summed E-state index contributed by atoms with van der Waals surface area (Å²) in [6, 6.07) is 7.71. The van der Waals surface area contributed by atoms with Crippen molar-refractivity contribution in [2.45, 2.75) is 13.5 Å². The minimum Gasteiger partial charge on any atom is -0.464 e. The summed E-state index contributed by atoms with van der Waals surface area (Å²) in [5.41, 5.74) is 7.21. The van der Waals surface area contributed by atoms with Gasteiger partial charge in [-0.1, -0.05) is 12.2 Å². The van der Waals surface area contributed by atoms with E-state index in [1.807, 2.05) is 43.1 Å². The van der Waals surface area contributed by atoms with Crippen LogP contribution in [0, 0.1) is 6.92 Å². The summed E-state index contributed by atoms with van der Waals surface area (Å²) in [5.74, 6) is 1.80. The number of thiocarbonyl (C=S) groups is 1. The minimum absolute atomic E-state index is 0.299. The number of furan rings is 1. The average molecular weight is 261 g/mol. The third-order valence-corrected chi connectivity index (χ3v) is 2.81. The Morgan fingerprint density at radius 2 is 2.22 bits per heavy atom. The van der Waals surface area contributed by atoms with Crippen LogP contribution < -0.4 is 10.6 Å². The Kier molecular flexibility index (Phi) is 3.62. The molecule has 0 radical (unpaired) electrons. The summed E-state index contributed by atoms with van der Waals surface area (Å²) in [5, 5.41) is 0. The normalized spacial score (nSPS) is 10.3. The van der Waals surface area contributed by atoms with Gasteiger partial charge < -0.3 is 15.1 Å². The van der Waals surface area contributed by atoms with Crippen LogP contribution in [0.4, 0.5) is 5.69 Å². The van der Waals surface area contributed by atoms with Crippen LogP contribution in [0.5, 0.6) is 0 Å². The predicted octanol–water partition coefficient (Wildman–Crippen LogP) is 2.25. The van der Waals surface area contributed by atoms with E-state index in [1.54, 1.807) is 6.20 Å². The highest BCUT2D eigenvalue weighted by Gasteiger charge is 2.12. The molecule has 0 unspecified atom stereocenters. The monoisotopic (exact) mass is 261 g/mol. The largest absolute Gasteiger partial charge is 0.464 e. The number of nitrogens with two attached hydrogens (primary N) is 1. The first-order valence-corrected chi connectivity index (χ1v) is 6.00. The maximum atomic E-state index is 5.67. The molecule has 0 aromatic carbocycles. The van der Waals surface area contributed by atoms with Crippen molar-refractivity contribution >= 4 is 22.9 Å². The second kappa shape index (κ2) is 5.18. The zero-order chi connectivity index (χ0) is 13.1. The van der Waals surface area contributed by atoms with Gasteiger partial charge in [-0.15, -0.1) is 0 Å². The van der Waals surface area contributed by atoms with Gasteiger partial charge in [-0.2, -0.15) is 0 Å². The van der Waals surface area contributed by atoms with Crippen molar-refractivity contribution < 1.29 is 4.42 Å². The maximum Gasteiger partial charge on any atom is 0.124 e. The molecular formula is C13H15N3OS. The fourth-order valence-corrected chi connectivity index (χ4v) is 1.94. The molecule has 0 fully saturated rings. The van der Waals surface area contributed by atoms with Gasteiger partial charge in [0.2, 0.25) is 0 Å². The van der Waals surface area contributed by atoms with Crippen molar-refractivity contribution in [3.8, 4) is 0 Å². The number of rotatable bonds is 4. The SMILES string of the molecule is Cc1ccc(CN(C)c2cccnc2C(N)=S)o1. The molecule has 18 heavy (non-hydrogen) atoms. The van der Waals surface area contributed by atoms with E-state index in [0.29, 0.717) is 17.2 Å². The van der Waals surface area contributed by atoms with Gasteiger partial charge in [0.25, 0.3) is 0 Å². The lowest BCUT2D eigenvalue weighted by Gasteiger charge is -2.20. The van der Waals surface area contributed by atoms with Crippen molar-refractivity contribution in [1.82, 2.24) is 4.98 Å².